The first-order chi connectivity index (χ1) is 8.75. The van der Waals surface area contributed by atoms with Gasteiger partial charge in [0.2, 0.25) is 0 Å². The molecule has 0 aromatic heterocycles. The van der Waals surface area contributed by atoms with E-state index in [1.165, 1.54) is 50.5 Å². The lowest BCUT2D eigenvalue weighted by molar-refractivity contribution is 0.631. The molecule has 1 aromatic carbocycles. The van der Waals surface area contributed by atoms with Crippen LogP contribution in [0, 0.1) is 0 Å². The van der Waals surface area contributed by atoms with Gasteiger partial charge in [-0.15, -0.1) is 0 Å². The van der Waals surface area contributed by atoms with Gasteiger partial charge < -0.3 is 0 Å². The van der Waals surface area contributed by atoms with E-state index in [4.69, 9.17) is 0 Å². The third-order valence-corrected chi connectivity index (χ3v) is 4.72. The van der Waals surface area contributed by atoms with E-state index in [0.29, 0.717) is 4.83 Å². The Labute approximate surface area is 120 Å². The van der Waals surface area contributed by atoms with Crippen LogP contribution in [0.4, 0.5) is 0 Å². The zero-order valence-corrected chi connectivity index (χ0v) is 12.9. The Hall–Kier alpha value is -0.560. The molecule has 0 spiro atoms. The molecule has 1 atom stereocenters. The van der Waals surface area contributed by atoms with E-state index in [2.05, 4.69) is 53.2 Å². The van der Waals surface area contributed by atoms with E-state index >= 15 is 0 Å². The van der Waals surface area contributed by atoms with E-state index in [-0.39, 0.29) is 0 Å². The highest BCUT2D eigenvalue weighted by atomic mass is 79.9. The molecule has 1 aromatic rings. The summed E-state index contributed by atoms with van der Waals surface area (Å²) in [5.41, 5.74) is 4.83. The van der Waals surface area contributed by atoms with Gasteiger partial charge in [0.1, 0.15) is 0 Å². The van der Waals surface area contributed by atoms with Gasteiger partial charge in [0.25, 0.3) is 0 Å². The summed E-state index contributed by atoms with van der Waals surface area (Å²) < 4.78 is 0. The standard InChI is InChI=1S/C17H23Br/c1-14-7-5-6-10-16(14)13-17(18)12-11-15-8-3-2-4-9-15/h2-4,8-9,17H,5-7,10-13H2,1H3. The summed E-state index contributed by atoms with van der Waals surface area (Å²) in [6.07, 6.45) is 9.12. The van der Waals surface area contributed by atoms with Gasteiger partial charge in [0.15, 0.2) is 0 Å². The Balaban J connectivity index is 1.80. The highest BCUT2D eigenvalue weighted by molar-refractivity contribution is 9.09. The minimum absolute atomic E-state index is 0.640. The first-order valence-electron chi connectivity index (χ1n) is 7.11. The molecule has 1 aliphatic rings. The zero-order valence-electron chi connectivity index (χ0n) is 11.3. The summed E-state index contributed by atoms with van der Waals surface area (Å²) in [6, 6.07) is 10.8. The number of hydrogen-bond donors (Lipinski definition) is 0. The first kappa shape index (κ1) is 13.9. The van der Waals surface area contributed by atoms with Crippen LogP contribution in [0.1, 0.15) is 51.0 Å². The van der Waals surface area contributed by atoms with Crippen molar-refractivity contribution in [3.63, 3.8) is 0 Å². The normalized spacial score (nSPS) is 17.9. The van der Waals surface area contributed by atoms with E-state index in [9.17, 15) is 0 Å². The van der Waals surface area contributed by atoms with Gasteiger partial charge >= 0.3 is 0 Å². The molecule has 0 saturated carbocycles. The van der Waals surface area contributed by atoms with Crippen LogP contribution in [0.5, 0.6) is 0 Å². The molecule has 0 radical (unpaired) electrons. The Kier molecular flexibility index (Phi) is 5.49. The average Bonchev–Trinajstić information content (AvgIpc) is 2.40. The van der Waals surface area contributed by atoms with E-state index in [0.717, 1.165) is 0 Å². The van der Waals surface area contributed by atoms with Gasteiger partial charge in [-0.3, -0.25) is 0 Å². The zero-order chi connectivity index (χ0) is 12.8. The second-order valence-electron chi connectivity index (χ2n) is 5.42. The molecule has 0 nitrogen and oxygen atoms in total. The topological polar surface area (TPSA) is 0 Å². The molecule has 1 aliphatic carbocycles. The molecular formula is C17H23Br. The molecule has 0 saturated heterocycles. The van der Waals surface area contributed by atoms with Crippen molar-refractivity contribution in [2.24, 2.45) is 0 Å². The fourth-order valence-corrected chi connectivity index (χ4v) is 3.35. The molecule has 0 amide bonds. The quantitative estimate of drug-likeness (QED) is 0.486. The molecule has 0 aliphatic heterocycles. The Morgan fingerprint density at radius 2 is 1.83 bits per heavy atom. The van der Waals surface area contributed by atoms with Gasteiger partial charge in [-0.2, -0.15) is 0 Å². The second-order valence-corrected chi connectivity index (χ2v) is 6.71. The van der Waals surface area contributed by atoms with Gasteiger partial charge in [-0.25, -0.2) is 0 Å². The first-order valence-corrected chi connectivity index (χ1v) is 8.03. The van der Waals surface area contributed by atoms with Gasteiger partial charge in [-0.1, -0.05) is 57.4 Å². The summed E-state index contributed by atoms with van der Waals surface area (Å²) in [4.78, 5) is 0.640. The molecule has 2 rings (SSSR count). The lowest BCUT2D eigenvalue weighted by atomic mass is 9.89. The smallest absolute Gasteiger partial charge is 0.0186 e. The number of aryl methyl sites for hydroxylation is 1. The molecule has 0 bridgehead atoms. The number of halogens is 1. The van der Waals surface area contributed by atoms with Crippen molar-refractivity contribution >= 4 is 15.9 Å². The van der Waals surface area contributed by atoms with Crippen molar-refractivity contribution in [3.8, 4) is 0 Å². The fourth-order valence-electron chi connectivity index (χ4n) is 2.73. The summed E-state index contributed by atoms with van der Waals surface area (Å²) >= 11 is 3.86. The van der Waals surface area contributed by atoms with Crippen LogP contribution >= 0.6 is 15.9 Å². The summed E-state index contributed by atoms with van der Waals surface area (Å²) in [7, 11) is 0. The highest BCUT2D eigenvalue weighted by Gasteiger charge is 2.13. The molecule has 18 heavy (non-hydrogen) atoms. The highest BCUT2D eigenvalue weighted by Crippen LogP contribution is 2.30. The van der Waals surface area contributed by atoms with Crippen molar-refractivity contribution in [2.75, 3.05) is 0 Å². The van der Waals surface area contributed by atoms with Gasteiger partial charge in [-0.05, 0) is 57.4 Å². The molecular weight excluding hydrogens is 284 g/mol. The Morgan fingerprint density at radius 3 is 2.56 bits per heavy atom. The lowest BCUT2D eigenvalue weighted by Crippen LogP contribution is -2.06. The third-order valence-electron chi connectivity index (χ3n) is 3.94. The van der Waals surface area contributed by atoms with Gasteiger partial charge in [0.05, 0.1) is 0 Å². The minimum Gasteiger partial charge on any atom is -0.0887 e. The number of alkyl halides is 1. The number of hydrogen-bond acceptors (Lipinski definition) is 0. The molecule has 98 valence electrons. The molecule has 0 N–H and O–H groups in total. The van der Waals surface area contributed by atoms with Gasteiger partial charge in [0, 0.05) is 4.83 Å². The maximum absolute atomic E-state index is 3.86. The summed E-state index contributed by atoms with van der Waals surface area (Å²) in [5.74, 6) is 0. The number of benzene rings is 1. The van der Waals surface area contributed by atoms with Crippen molar-refractivity contribution in [1.82, 2.24) is 0 Å². The maximum Gasteiger partial charge on any atom is 0.0186 e. The van der Waals surface area contributed by atoms with E-state index < -0.39 is 0 Å². The third kappa shape index (κ3) is 4.28. The largest absolute Gasteiger partial charge is 0.0887 e. The van der Waals surface area contributed by atoms with Crippen LogP contribution in [-0.2, 0) is 6.42 Å². The molecule has 0 fully saturated rings. The predicted molar refractivity (Wildman–Crippen MR) is 83.3 cm³/mol. The number of rotatable bonds is 5. The Bertz CT molecular complexity index is 391. The van der Waals surface area contributed by atoms with E-state index in [1.54, 1.807) is 11.1 Å². The summed E-state index contributed by atoms with van der Waals surface area (Å²) in [5, 5.41) is 0. The maximum atomic E-state index is 3.86. The summed E-state index contributed by atoms with van der Waals surface area (Å²) in [6.45, 7) is 2.32. The van der Waals surface area contributed by atoms with Crippen LogP contribution in [0.15, 0.2) is 41.5 Å². The lowest BCUT2D eigenvalue weighted by Gasteiger charge is -2.20. The average molecular weight is 307 g/mol. The predicted octanol–water partition coefficient (Wildman–Crippen LogP) is 5.66. The van der Waals surface area contributed by atoms with Crippen molar-refractivity contribution in [1.29, 1.82) is 0 Å². The minimum atomic E-state index is 0.640. The second kappa shape index (κ2) is 7.13. The molecule has 1 heteroatoms. The van der Waals surface area contributed by atoms with Crippen LogP contribution in [0.2, 0.25) is 0 Å². The van der Waals surface area contributed by atoms with Crippen molar-refractivity contribution in [2.45, 2.75) is 56.7 Å². The van der Waals surface area contributed by atoms with Crippen molar-refractivity contribution in [3.05, 3.63) is 47.0 Å². The SMILES string of the molecule is CC1=C(CC(Br)CCc2ccccc2)CCCC1. The number of allylic oxidation sites excluding steroid dienone is 2. The van der Waals surface area contributed by atoms with Crippen LogP contribution in [0.25, 0.3) is 0 Å². The van der Waals surface area contributed by atoms with Crippen LogP contribution in [-0.4, -0.2) is 4.83 Å². The fraction of sp³-hybridized carbons (Fsp3) is 0.529. The van der Waals surface area contributed by atoms with Crippen LogP contribution < -0.4 is 0 Å². The van der Waals surface area contributed by atoms with Crippen molar-refractivity contribution < 1.29 is 0 Å². The van der Waals surface area contributed by atoms with E-state index in [1.807, 2.05) is 0 Å². The van der Waals surface area contributed by atoms with Crippen LogP contribution in [0.3, 0.4) is 0 Å². The molecule has 0 heterocycles. The molecule has 1 unspecified atom stereocenters. The monoisotopic (exact) mass is 306 g/mol. The Morgan fingerprint density at radius 1 is 1.11 bits per heavy atom.